The van der Waals surface area contributed by atoms with Crippen LogP contribution in [0.3, 0.4) is 0 Å². The molecule has 0 aliphatic rings. The second-order valence-corrected chi connectivity index (χ2v) is 4.45. The summed E-state index contributed by atoms with van der Waals surface area (Å²) in [6.45, 7) is 4.25. The predicted octanol–water partition coefficient (Wildman–Crippen LogP) is 1.22. The van der Waals surface area contributed by atoms with E-state index in [0.717, 1.165) is 24.5 Å². The Labute approximate surface area is 124 Å². The Kier molecular flexibility index (Phi) is 5.34. The third-order valence-electron chi connectivity index (χ3n) is 3.00. The molecular formula is C15H20N4O2. The van der Waals surface area contributed by atoms with Crippen molar-refractivity contribution in [3.05, 3.63) is 42.2 Å². The molecule has 21 heavy (non-hydrogen) atoms. The lowest BCUT2D eigenvalue weighted by Gasteiger charge is -2.04. The Morgan fingerprint density at radius 3 is 2.67 bits per heavy atom. The van der Waals surface area contributed by atoms with Crippen molar-refractivity contribution in [2.75, 3.05) is 26.7 Å². The molecule has 0 unspecified atom stereocenters. The van der Waals surface area contributed by atoms with Crippen molar-refractivity contribution in [3.63, 3.8) is 0 Å². The molecule has 1 heterocycles. The van der Waals surface area contributed by atoms with Gasteiger partial charge in [-0.25, -0.2) is 4.68 Å². The van der Waals surface area contributed by atoms with Crippen LogP contribution in [0.4, 0.5) is 0 Å². The average Bonchev–Trinajstić information content (AvgIpc) is 3.01. The van der Waals surface area contributed by atoms with Crippen LogP contribution >= 0.6 is 0 Å². The van der Waals surface area contributed by atoms with E-state index in [-0.39, 0.29) is 5.91 Å². The molecule has 112 valence electrons. The molecule has 1 aromatic carbocycles. The van der Waals surface area contributed by atoms with Crippen molar-refractivity contribution >= 4 is 5.91 Å². The van der Waals surface area contributed by atoms with Crippen LogP contribution in [0.1, 0.15) is 17.4 Å². The van der Waals surface area contributed by atoms with E-state index in [4.69, 9.17) is 4.74 Å². The van der Waals surface area contributed by atoms with Gasteiger partial charge in [-0.3, -0.25) is 4.79 Å². The van der Waals surface area contributed by atoms with Crippen LogP contribution in [0, 0.1) is 0 Å². The Morgan fingerprint density at radius 1 is 1.24 bits per heavy atom. The Hall–Kier alpha value is -2.34. The number of methoxy groups -OCH3 is 1. The zero-order chi connectivity index (χ0) is 15.1. The second-order valence-electron chi connectivity index (χ2n) is 4.45. The van der Waals surface area contributed by atoms with Gasteiger partial charge < -0.3 is 15.4 Å². The first-order valence-electron chi connectivity index (χ1n) is 6.93. The highest BCUT2D eigenvalue weighted by Crippen LogP contribution is 2.14. The van der Waals surface area contributed by atoms with E-state index in [1.54, 1.807) is 24.1 Å². The van der Waals surface area contributed by atoms with E-state index in [1.165, 1.54) is 0 Å². The number of nitrogens with zero attached hydrogens (tertiary/aromatic N) is 2. The first kappa shape index (κ1) is 15.1. The van der Waals surface area contributed by atoms with Gasteiger partial charge in [0.15, 0.2) is 5.69 Å². The van der Waals surface area contributed by atoms with Gasteiger partial charge in [0.25, 0.3) is 5.91 Å². The highest BCUT2D eigenvalue weighted by Gasteiger charge is 2.09. The van der Waals surface area contributed by atoms with Crippen LogP contribution in [0.5, 0.6) is 5.75 Å². The lowest BCUT2D eigenvalue weighted by molar-refractivity contribution is 0.0948. The van der Waals surface area contributed by atoms with Gasteiger partial charge >= 0.3 is 0 Å². The zero-order valence-corrected chi connectivity index (χ0v) is 12.3. The minimum absolute atomic E-state index is 0.167. The van der Waals surface area contributed by atoms with Crippen molar-refractivity contribution in [3.8, 4) is 11.4 Å². The largest absolute Gasteiger partial charge is 0.497 e. The number of benzene rings is 1. The van der Waals surface area contributed by atoms with Crippen LogP contribution in [-0.4, -0.2) is 42.4 Å². The molecule has 6 heteroatoms. The number of ether oxygens (including phenoxy) is 1. The molecule has 0 aliphatic heterocycles. The predicted molar refractivity (Wildman–Crippen MR) is 81.0 cm³/mol. The third-order valence-corrected chi connectivity index (χ3v) is 3.00. The summed E-state index contributed by atoms with van der Waals surface area (Å²) in [5.74, 6) is 0.618. The Balaban J connectivity index is 1.98. The maximum absolute atomic E-state index is 11.9. The normalized spacial score (nSPS) is 10.4. The summed E-state index contributed by atoms with van der Waals surface area (Å²) in [6, 6.07) is 9.19. The molecule has 0 radical (unpaired) electrons. The molecule has 6 nitrogen and oxygen atoms in total. The maximum Gasteiger partial charge on any atom is 0.271 e. The summed E-state index contributed by atoms with van der Waals surface area (Å²) in [7, 11) is 1.62. The van der Waals surface area contributed by atoms with Gasteiger partial charge in [0, 0.05) is 19.3 Å². The number of hydrogen-bond donors (Lipinski definition) is 2. The smallest absolute Gasteiger partial charge is 0.271 e. The third kappa shape index (κ3) is 4.06. The molecule has 0 bridgehead atoms. The zero-order valence-electron chi connectivity index (χ0n) is 12.3. The van der Waals surface area contributed by atoms with Crippen molar-refractivity contribution in [1.82, 2.24) is 20.4 Å². The summed E-state index contributed by atoms with van der Waals surface area (Å²) >= 11 is 0. The van der Waals surface area contributed by atoms with Gasteiger partial charge in [0.1, 0.15) is 5.75 Å². The Morgan fingerprint density at radius 2 is 2.00 bits per heavy atom. The number of hydrogen-bond acceptors (Lipinski definition) is 4. The van der Waals surface area contributed by atoms with Crippen LogP contribution in [-0.2, 0) is 0 Å². The van der Waals surface area contributed by atoms with Gasteiger partial charge in [0.2, 0.25) is 0 Å². The lowest BCUT2D eigenvalue weighted by atomic mass is 10.3. The fraction of sp³-hybridized carbons (Fsp3) is 0.333. The molecule has 0 saturated heterocycles. The first-order chi connectivity index (χ1) is 10.2. The van der Waals surface area contributed by atoms with Gasteiger partial charge in [0.05, 0.1) is 12.8 Å². The van der Waals surface area contributed by atoms with Gasteiger partial charge in [-0.1, -0.05) is 6.92 Å². The summed E-state index contributed by atoms with van der Waals surface area (Å²) < 4.78 is 6.78. The number of amides is 1. The van der Waals surface area contributed by atoms with E-state index < -0.39 is 0 Å². The van der Waals surface area contributed by atoms with Crippen LogP contribution in [0.15, 0.2) is 36.5 Å². The average molecular weight is 288 g/mol. The van der Waals surface area contributed by atoms with Crippen LogP contribution in [0.25, 0.3) is 5.69 Å². The summed E-state index contributed by atoms with van der Waals surface area (Å²) in [5, 5.41) is 10.2. The first-order valence-corrected chi connectivity index (χ1v) is 6.93. The SMILES string of the molecule is CCNCCNC(=O)c1ccn(-c2ccc(OC)cc2)n1. The molecule has 1 aromatic heterocycles. The second kappa shape index (κ2) is 7.44. The fourth-order valence-electron chi connectivity index (χ4n) is 1.86. The van der Waals surface area contributed by atoms with Gasteiger partial charge in [-0.05, 0) is 36.9 Å². The number of rotatable bonds is 7. The highest BCUT2D eigenvalue weighted by molar-refractivity contribution is 5.92. The molecule has 1 amide bonds. The molecule has 0 atom stereocenters. The van der Waals surface area contributed by atoms with Crippen LogP contribution < -0.4 is 15.4 Å². The lowest BCUT2D eigenvalue weighted by Crippen LogP contribution is -2.32. The number of nitrogens with one attached hydrogen (secondary N) is 2. The van der Waals surface area contributed by atoms with E-state index >= 15 is 0 Å². The number of likely N-dealkylation sites (N-methyl/N-ethyl adjacent to an activating group) is 1. The molecule has 2 rings (SSSR count). The minimum Gasteiger partial charge on any atom is -0.497 e. The molecule has 0 saturated carbocycles. The molecule has 0 spiro atoms. The van der Waals surface area contributed by atoms with E-state index in [9.17, 15) is 4.79 Å². The van der Waals surface area contributed by atoms with Gasteiger partial charge in [-0.2, -0.15) is 5.10 Å². The van der Waals surface area contributed by atoms with Crippen molar-refractivity contribution in [2.45, 2.75) is 6.92 Å². The molecular weight excluding hydrogens is 268 g/mol. The van der Waals surface area contributed by atoms with E-state index in [1.807, 2.05) is 31.2 Å². The molecule has 2 aromatic rings. The minimum atomic E-state index is -0.167. The van der Waals surface area contributed by atoms with E-state index in [2.05, 4.69) is 15.7 Å². The monoisotopic (exact) mass is 288 g/mol. The molecule has 0 aliphatic carbocycles. The summed E-state index contributed by atoms with van der Waals surface area (Å²) in [6.07, 6.45) is 1.76. The highest BCUT2D eigenvalue weighted by atomic mass is 16.5. The van der Waals surface area contributed by atoms with Crippen molar-refractivity contribution in [2.24, 2.45) is 0 Å². The van der Waals surface area contributed by atoms with Crippen molar-refractivity contribution in [1.29, 1.82) is 0 Å². The quantitative estimate of drug-likeness (QED) is 0.752. The van der Waals surface area contributed by atoms with E-state index in [0.29, 0.717) is 12.2 Å². The molecule has 0 fully saturated rings. The number of carbonyl (C=O) groups is 1. The van der Waals surface area contributed by atoms with Gasteiger partial charge in [-0.15, -0.1) is 0 Å². The standard InChI is InChI=1S/C15H20N4O2/c1-3-16-9-10-17-15(20)14-8-11-19(18-14)12-4-6-13(21-2)7-5-12/h4-8,11,16H,3,9-10H2,1-2H3,(H,17,20). The topological polar surface area (TPSA) is 68.2 Å². The summed E-state index contributed by atoms with van der Waals surface area (Å²) in [4.78, 5) is 11.9. The van der Waals surface area contributed by atoms with Crippen LogP contribution in [0.2, 0.25) is 0 Å². The Bertz CT molecular complexity index is 578. The molecule has 2 N–H and O–H groups in total. The number of carbonyl (C=O) groups excluding carboxylic acids is 1. The number of aromatic nitrogens is 2. The summed E-state index contributed by atoms with van der Waals surface area (Å²) in [5.41, 5.74) is 1.28. The fourth-order valence-corrected chi connectivity index (χ4v) is 1.86. The van der Waals surface area contributed by atoms with Crippen molar-refractivity contribution < 1.29 is 9.53 Å². The maximum atomic E-state index is 11.9.